The van der Waals surface area contributed by atoms with Crippen LogP contribution in [0.3, 0.4) is 0 Å². The van der Waals surface area contributed by atoms with E-state index in [2.05, 4.69) is 27.4 Å². The monoisotopic (exact) mass is 398 g/mol. The van der Waals surface area contributed by atoms with Gasteiger partial charge in [0.1, 0.15) is 0 Å². The highest BCUT2D eigenvalue weighted by Crippen LogP contribution is 2.15. The molecule has 120 valence electrons. The van der Waals surface area contributed by atoms with Gasteiger partial charge in [-0.3, -0.25) is 4.99 Å². The minimum Gasteiger partial charge on any atom is -0.385 e. The van der Waals surface area contributed by atoms with Gasteiger partial charge >= 0.3 is 0 Å². The first kappa shape index (κ1) is 19.9. The van der Waals surface area contributed by atoms with Crippen molar-refractivity contribution in [3.05, 3.63) is 0 Å². The quantitative estimate of drug-likeness (QED) is 0.282. The van der Waals surface area contributed by atoms with E-state index in [1.54, 1.807) is 7.11 Å². The zero-order valence-corrected chi connectivity index (χ0v) is 15.5. The molecule has 1 fully saturated rings. The number of ether oxygens (including phenoxy) is 1. The summed E-state index contributed by atoms with van der Waals surface area (Å²) in [4.78, 5) is 6.80. The molecule has 5 nitrogen and oxygen atoms in total. The molecule has 0 radical (unpaired) electrons. The van der Waals surface area contributed by atoms with E-state index in [9.17, 15) is 0 Å². The average Bonchev–Trinajstić information content (AvgIpc) is 2.86. The van der Waals surface area contributed by atoms with Crippen LogP contribution in [0.1, 0.15) is 26.2 Å². The Hall–Kier alpha value is -0.0800. The molecule has 1 unspecified atom stereocenters. The molecule has 1 aliphatic rings. The molecule has 0 saturated carbocycles. The zero-order valence-electron chi connectivity index (χ0n) is 13.2. The molecule has 1 aliphatic heterocycles. The van der Waals surface area contributed by atoms with Crippen molar-refractivity contribution in [2.45, 2.75) is 26.2 Å². The normalized spacial score (nSPS) is 19.8. The summed E-state index contributed by atoms with van der Waals surface area (Å²) in [6.45, 7) is 8.67. The number of likely N-dealkylation sites (tertiary alicyclic amines) is 1. The lowest BCUT2D eigenvalue weighted by atomic mass is 10.1. The molecule has 0 bridgehead atoms. The molecule has 20 heavy (non-hydrogen) atoms. The van der Waals surface area contributed by atoms with E-state index in [-0.39, 0.29) is 24.0 Å². The average molecular weight is 398 g/mol. The number of nitrogens with zero attached hydrogens (tertiary/aromatic N) is 2. The molecule has 0 aromatic rings. The molecule has 0 aromatic heterocycles. The number of hydrogen-bond acceptors (Lipinski definition) is 3. The van der Waals surface area contributed by atoms with Gasteiger partial charge in [0.15, 0.2) is 5.96 Å². The van der Waals surface area contributed by atoms with Gasteiger partial charge in [-0.05, 0) is 38.3 Å². The van der Waals surface area contributed by atoms with Crippen molar-refractivity contribution in [2.24, 2.45) is 10.9 Å². The van der Waals surface area contributed by atoms with Crippen LogP contribution in [0.2, 0.25) is 0 Å². The summed E-state index contributed by atoms with van der Waals surface area (Å²) in [7, 11) is 3.55. The van der Waals surface area contributed by atoms with Gasteiger partial charge in [-0.1, -0.05) is 6.92 Å². The van der Waals surface area contributed by atoms with Crippen LogP contribution in [0.25, 0.3) is 0 Å². The third kappa shape index (κ3) is 8.26. The molecule has 1 heterocycles. The van der Waals surface area contributed by atoms with Gasteiger partial charge in [0.25, 0.3) is 0 Å². The Morgan fingerprint density at radius 3 is 2.85 bits per heavy atom. The maximum absolute atomic E-state index is 5.03. The number of hydrogen-bond donors (Lipinski definition) is 2. The summed E-state index contributed by atoms with van der Waals surface area (Å²) in [6.07, 6.45) is 3.56. The summed E-state index contributed by atoms with van der Waals surface area (Å²) in [5, 5.41) is 6.73. The molecule has 1 atom stereocenters. The molecular formula is C14H31IN4O. The molecule has 1 saturated heterocycles. The standard InChI is InChI=1S/C14H30N4O.HI/c1-4-8-18-9-6-13(12-18)11-17-14(15-2)16-7-5-10-19-3;/h13H,4-12H2,1-3H3,(H2,15,16,17);1H. The summed E-state index contributed by atoms with van der Waals surface area (Å²) < 4.78 is 5.03. The lowest BCUT2D eigenvalue weighted by molar-refractivity contribution is 0.195. The van der Waals surface area contributed by atoms with Gasteiger partial charge in [-0.2, -0.15) is 0 Å². The fourth-order valence-corrected chi connectivity index (χ4v) is 2.48. The van der Waals surface area contributed by atoms with Crippen molar-refractivity contribution in [1.82, 2.24) is 15.5 Å². The van der Waals surface area contributed by atoms with E-state index >= 15 is 0 Å². The smallest absolute Gasteiger partial charge is 0.190 e. The largest absolute Gasteiger partial charge is 0.385 e. The van der Waals surface area contributed by atoms with Crippen molar-refractivity contribution in [3.63, 3.8) is 0 Å². The molecule has 0 spiro atoms. The van der Waals surface area contributed by atoms with E-state index in [0.717, 1.165) is 38.0 Å². The van der Waals surface area contributed by atoms with Gasteiger partial charge in [0.05, 0.1) is 0 Å². The second-order valence-corrected chi connectivity index (χ2v) is 5.18. The lowest BCUT2D eigenvalue weighted by Gasteiger charge is -2.17. The highest BCUT2D eigenvalue weighted by atomic mass is 127. The van der Waals surface area contributed by atoms with E-state index in [4.69, 9.17) is 4.74 Å². The molecule has 0 amide bonds. The topological polar surface area (TPSA) is 48.9 Å². The van der Waals surface area contributed by atoms with Crippen LogP contribution in [0, 0.1) is 5.92 Å². The fourth-order valence-electron chi connectivity index (χ4n) is 2.48. The van der Waals surface area contributed by atoms with Crippen LogP contribution in [-0.2, 0) is 4.74 Å². The summed E-state index contributed by atoms with van der Waals surface area (Å²) in [5.41, 5.74) is 0. The maximum atomic E-state index is 5.03. The van der Waals surface area contributed by atoms with Crippen molar-refractivity contribution in [1.29, 1.82) is 0 Å². The first-order chi connectivity index (χ1) is 9.30. The first-order valence-corrected chi connectivity index (χ1v) is 7.46. The number of aliphatic imine (C=N–C) groups is 1. The Labute approximate surface area is 140 Å². The zero-order chi connectivity index (χ0) is 13.9. The highest BCUT2D eigenvalue weighted by molar-refractivity contribution is 14.0. The van der Waals surface area contributed by atoms with Gasteiger partial charge < -0.3 is 20.3 Å². The second kappa shape index (κ2) is 12.6. The Bertz CT molecular complexity index is 264. The van der Waals surface area contributed by atoms with Crippen LogP contribution in [0.4, 0.5) is 0 Å². The molecule has 0 aromatic carbocycles. The van der Waals surface area contributed by atoms with Crippen LogP contribution in [-0.4, -0.2) is 64.3 Å². The highest BCUT2D eigenvalue weighted by Gasteiger charge is 2.21. The van der Waals surface area contributed by atoms with E-state index in [1.165, 1.54) is 32.5 Å². The molecule has 2 N–H and O–H groups in total. The molecule has 1 rings (SSSR count). The predicted octanol–water partition coefficient (Wildman–Crippen LogP) is 1.54. The van der Waals surface area contributed by atoms with Crippen molar-refractivity contribution in [2.75, 3.05) is 53.5 Å². The van der Waals surface area contributed by atoms with Crippen molar-refractivity contribution < 1.29 is 4.74 Å². The predicted molar refractivity (Wildman–Crippen MR) is 96.1 cm³/mol. The summed E-state index contributed by atoms with van der Waals surface area (Å²) >= 11 is 0. The van der Waals surface area contributed by atoms with Crippen LogP contribution >= 0.6 is 24.0 Å². The molecule has 0 aliphatic carbocycles. The summed E-state index contributed by atoms with van der Waals surface area (Å²) in [5.74, 6) is 1.66. The van der Waals surface area contributed by atoms with Gasteiger partial charge in [0, 0.05) is 40.4 Å². The molecular weight excluding hydrogens is 367 g/mol. The van der Waals surface area contributed by atoms with Crippen LogP contribution in [0.5, 0.6) is 0 Å². The Kier molecular flexibility index (Phi) is 12.6. The van der Waals surface area contributed by atoms with Crippen LogP contribution < -0.4 is 10.6 Å². The van der Waals surface area contributed by atoms with E-state index in [1.807, 2.05) is 7.05 Å². The summed E-state index contributed by atoms with van der Waals surface area (Å²) in [6, 6.07) is 0. The molecule has 6 heteroatoms. The number of guanidine groups is 1. The van der Waals surface area contributed by atoms with E-state index < -0.39 is 0 Å². The van der Waals surface area contributed by atoms with Crippen molar-refractivity contribution >= 4 is 29.9 Å². The maximum Gasteiger partial charge on any atom is 0.190 e. The Morgan fingerprint density at radius 1 is 1.40 bits per heavy atom. The number of rotatable bonds is 8. The SMILES string of the molecule is CCCN1CCC(CNC(=NC)NCCCOC)C1.I. The number of nitrogens with one attached hydrogen (secondary N) is 2. The number of halogens is 1. The lowest BCUT2D eigenvalue weighted by Crippen LogP contribution is -2.40. The second-order valence-electron chi connectivity index (χ2n) is 5.18. The third-order valence-electron chi connectivity index (χ3n) is 3.51. The fraction of sp³-hybridized carbons (Fsp3) is 0.929. The van der Waals surface area contributed by atoms with Crippen molar-refractivity contribution in [3.8, 4) is 0 Å². The number of methoxy groups -OCH3 is 1. The van der Waals surface area contributed by atoms with Crippen LogP contribution in [0.15, 0.2) is 4.99 Å². The van der Waals surface area contributed by atoms with Gasteiger partial charge in [-0.25, -0.2) is 0 Å². The van der Waals surface area contributed by atoms with Gasteiger partial charge in [0.2, 0.25) is 0 Å². The van der Waals surface area contributed by atoms with Gasteiger partial charge in [-0.15, -0.1) is 24.0 Å². The Morgan fingerprint density at radius 2 is 2.20 bits per heavy atom. The minimum absolute atomic E-state index is 0. The third-order valence-corrected chi connectivity index (χ3v) is 3.51. The first-order valence-electron chi connectivity index (χ1n) is 7.46. The minimum atomic E-state index is 0. The van der Waals surface area contributed by atoms with E-state index in [0.29, 0.717) is 0 Å². The Balaban J connectivity index is 0.00000361.